The van der Waals surface area contributed by atoms with Crippen molar-refractivity contribution in [2.45, 2.75) is 26.4 Å². The standard InChI is InChI=1S/C20H16Cl2N4O3/c1-2-26-14(11-25-8-6-13(24-25)5-7-23)10-17(27)18(20(28)29)19(26)12-3-4-15(21)16(22)9-12/h3-4,6,8-10H,2,5,11H2,1H3,(H,28,29). The highest BCUT2D eigenvalue weighted by Crippen LogP contribution is 2.30. The Balaban J connectivity index is 2.21. The number of carboxylic acid groups (broad SMARTS) is 1. The Morgan fingerprint density at radius 2 is 2.00 bits per heavy atom. The molecule has 0 radical (unpaired) electrons. The molecule has 29 heavy (non-hydrogen) atoms. The predicted octanol–water partition coefficient (Wildman–Crippen LogP) is 3.85. The van der Waals surface area contributed by atoms with Gasteiger partial charge in [0.15, 0.2) is 5.43 Å². The summed E-state index contributed by atoms with van der Waals surface area (Å²) in [5.74, 6) is -1.32. The molecular weight excluding hydrogens is 415 g/mol. The van der Waals surface area contributed by atoms with Gasteiger partial charge in [0.1, 0.15) is 5.56 Å². The van der Waals surface area contributed by atoms with E-state index in [1.165, 1.54) is 6.07 Å². The molecule has 2 aromatic heterocycles. The third-order valence-corrected chi connectivity index (χ3v) is 5.14. The molecule has 0 spiro atoms. The van der Waals surface area contributed by atoms with E-state index in [1.54, 1.807) is 39.7 Å². The van der Waals surface area contributed by atoms with Crippen LogP contribution in [0.4, 0.5) is 0 Å². The van der Waals surface area contributed by atoms with Crippen LogP contribution in [0, 0.1) is 11.3 Å². The lowest BCUT2D eigenvalue weighted by atomic mass is 10.0. The van der Waals surface area contributed by atoms with E-state index in [2.05, 4.69) is 5.10 Å². The molecule has 1 aromatic carbocycles. The van der Waals surface area contributed by atoms with Gasteiger partial charge in [-0.3, -0.25) is 9.48 Å². The second-order valence-electron chi connectivity index (χ2n) is 6.24. The highest BCUT2D eigenvalue weighted by atomic mass is 35.5. The molecular formula is C20H16Cl2N4O3. The van der Waals surface area contributed by atoms with Crippen LogP contribution >= 0.6 is 23.2 Å². The van der Waals surface area contributed by atoms with Gasteiger partial charge in [-0.1, -0.05) is 29.3 Å². The molecule has 0 aliphatic rings. The number of nitriles is 1. The number of halogens is 2. The monoisotopic (exact) mass is 430 g/mol. The number of benzene rings is 1. The quantitative estimate of drug-likeness (QED) is 0.639. The molecule has 9 heteroatoms. The minimum atomic E-state index is -1.32. The van der Waals surface area contributed by atoms with Gasteiger partial charge in [0.2, 0.25) is 0 Å². The Labute approximate surface area is 176 Å². The maximum absolute atomic E-state index is 12.7. The van der Waals surface area contributed by atoms with Crippen molar-refractivity contribution in [3.8, 4) is 17.3 Å². The zero-order valence-corrected chi connectivity index (χ0v) is 16.9. The summed E-state index contributed by atoms with van der Waals surface area (Å²) in [4.78, 5) is 24.5. The van der Waals surface area contributed by atoms with Crippen molar-refractivity contribution in [1.29, 1.82) is 5.26 Å². The number of hydrogen-bond donors (Lipinski definition) is 1. The van der Waals surface area contributed by atoms with Gasteiger partial charge in [-0.2, -0.15) is 10.4 Å². The molecule has 0 fully saturated rings. The summed E-state index contributed by atoms with van der Waals surface area (Å²) in [5.41, 5.74) is 0.982. The van der Waals surface area contributed by atoms with Gasteiger partial charge in [-0.15, -0.1) is 0 Å². The molecule has 2 heterocycles. The topological polar surface area (TPSA) is 101 Å². The van der Waals surface area contributed by atoms with Crippen molar-refractivity contribution < 1.29 is 9.90 Å². The summed E-state index contributed by atoms with van der Waals surface area (Å²) in [6.07, 6.45) is 1.89. The maximum Gasteiger partial charge on any atom is 0.341 e. The average molecular weight is 431 g/mol. The van der Waals surface area contributed by atoms with Crippen LogP contribution in [-0.2, 0) is 19.5 Å². The Kier molecular flexibility index (Phi) is 6.06. The third kappa shape index (κ3) is 4.19. The highest BCUT2D eigenvalue weighted by molar-refractivity contribution is 6.42. The maximum atomic E-state index is 12.7. The average Bonchev–Trinajstić information content (AvgIpc) is 3.10. The van der Waals surface area contributed by atoms with Crippen LogP contribution in [0.15, 0.2) is 41.3 Å². The van der Waals surface area contributed by atoms with Gasteiger partial charge in [-0.05, 0) is 25.1 Å². The smallest absolute Gasteiger partial charge is 0.341 e. The van der Waals surface area contributed by atoms with E-state index in [0.717, 1.165) is 0 Å². The molecule has 3 rings (SSSR count). The lowest BCUT2D eigenvalue weighted by Gasteiger charge is -2.20. The second kappa shape index (κ2) is 8.52. The van der Waals surface area contributed by atoms with Crippen molar-refractivity contribution in [3.63, 3.8) is 0 Å². The normalized spacial score (nSPS) is 10.7. The van der Waals surface area contributed by atoms with Gasteiger partial charge in [0.25, 0.3) is 0 Å². The first-order valence-electron chi connectivity index (χ1n) is 8.70. The van der Waals surface area contributed by atoms with Gasteiger partial charge in [0, 0.05) is 30.1 Å². The number of aromatic carboxylic acids is 1. The first kappa shape index (κ1) is 20.6. The van der Waals surface area contributed by atoms with E-state index < -0.39 is 11.4 Å². The Morgan fingerprint density at radius 3 is 2.62 bits per heavy atom. The molecule has 0 aliphatic heterocycles. The molecule has 7 nitrogen and oxygen atoms in total. The zero-order chi connectivity index (χ0) is 21.1. The zero-order valence-electron chi connectivity index (χ0n) is 15.4. The van der Waals surface area contributed by atoms with Crippen molar-refractivity contribution in [2.75, 3.05) is 0 Å². The van der Waals surface area contributed by atoms with E-state index in [4.69, 9.17) is 28.5 Å². The van der Waals surface area contributed by atoms with Crippen molar-refractivity contribution in [3.05, 3.63) is 73.7 Å². The molecule has 3 aromatic rings. The van der Waals surface area contributed by atoms with Crippen LogP contribution in [0.1, 0.15) is 28.7 Å². The number of pyridine rings is 1. The number of nitrogens with zero attached hydrogens (tertiary/aromatic N) is 4. The van der Waals surface area contributed by atoms with E-state index in [0.29, 0.717) is 28.5 Å². The summed E-state index contributed by atoms with van der Waals surface area (Å²) in [6, 6.07) is 9.79. The highest BCUT2D eigenvalue weighted by Gasteiger charge is 2.22. The van der Waals surface area contributed by atoms with Gasteiger partial charge < -0.3 is 9.67 Å². The van der Waals surface area contributed by atoms with Crippen LogP contribution in [-0.4, -0.2) is 25.4 Å². The van der Waals surface area contributed by atoms with E-state index in [-0.39, 0.29) is 29.2 Å². The summed E-state index contributed by atoms with van der Waals surface area (Å²) < 4.78 is 3.35. The number of rotatable bonds is 6. The van der Waals surface area contributed by atoms with Crippen LogP contribution in [0.5, 0.6) is 0 Å². The summed E-state index contributed by atoms with van der Waals surface area (Å²) >= 11 is 12.1. The molecule has 148 valence electrons. The van der Waals surface area contributed by atoms with Crippen molar-refractivity contribution in [2.24, 2.45) is 0 Å². The Bertz CT molecular complexity index is 1190. The molecule has 0 unspecified atom stereocenters. The first-order chi connectivity index (χ1) is 13.8. The summed E-state index contributed by atoms with van der Waals surface area (Å²) in [5, 5.41) is 23.4. The first-order valence-corrected chi connectivity index (χ1v) is 9.46. The molecule has 1 N–H and O–H groups in total. The summed E-state index contributed by atoms with van der Waals surface area (Å²) in [6.45, 7) is 2.51. The number of hydrogen-bond acceptors (Lipinski definition) is 4. The fourth-order valence-electron chi connectivity index (χ4n) is 3.17. The van der Waals surface area contributed by atoms with Gasteiger partial charge in [0.05, 0.1) is 40.5 Å². The van der Waals surface area contributed by atoms with Crippen molar-refractivity contribution >= 4 is 29.2 Å². The van der Waals surface area contributed by atoms with Crippen LogP contribution in [0.3, 0.4) is 0 Å². The second-order valence-corrected chi connectivity index (χ2v) is 7.06. The van der Waals surface area contributed by atoms with Crippen LogP contribution < -0.4 is 5.43 Å². The molecule has 0 aliphatic carbocycles. The summed E-state index contributed by atoms with van der Waals surface area (Å²) in [7, 11) is 0. The van der Waals surface area contributed by atoms with E-state index in [1.807, 2.05) is 13.0 Å². The lowest BCUT2D eigenvalue weighted by molar-refractivity contribution is 0.0695. The molecule has 0 bridgehead atoms. The molecule has 0 saturated carbocycles. The number of aromatic nitrogens is 3. The Morgan fingerprint density at radius 1 is 1.24 bits per heavy atom. The van der Waals surface area contributed by atoms with Gasteiger partial charge >= 0.3 is 5.97 Å². The molecule has 0 amide bonds. The number of carbonyl (C=O) groups is 1. The minimum absolute atomic E-state index is 0.181. The largest absolute Gasteiger partial charge is 0.477 e. The molecule has 0 atom stereocenters. The SMILES string of the molecule is CCn1c(Cn2ccc(CC#N)n2)cc(=O)c(C(=O)O)c1-c1ccc(Cl)c(Cl)c1. The van der Waals surface area contributed by atoms with Crippen LogP contribution in [0.25, 0.3) is 11.3 Å². The molecule has 0 saturated heterocycles. The fourth-order valence-corrected chi connectivity index (χ4v) is 3.47. The van der Waals surface area contributed by atoms with Crippen molar-refractivity contribution in [1.82, 2.24) is 14.3 Å². The predicted molar refractivity (Wildman–Crippen MR) is 109 cm³/mol. The third-order valence-electron chi connectivity index (χ3n) is 4.40. The number of carboxylic acids is 1. The van der Waals surface area contributed by atoms with E-state index in [9.17, 15) is 14.7 Å². The lowest BCUT2D eigenvalue weighted by Crippen LogP contribution is -2.24. The van der Waals surface area contributed by atoms with E-state index >= 15 is 0 Å². The Hall–Kier alpha value is -3.08. The van der Waals surface area contributed by atoms with Crippen LogP contribution in [0.2, 0.25) is 10.0 Å². The minimum Gasteiger partial charge on any atom is -0.477 e. The fraction of sp³-hybridized carbons (Fsp3) is 0.200. The van der Waals surface area contributed by atoms with Gasteiger partial charge in [-0.25, -0.2) is 4.79 Å².